The van der Waals surface area contributed by atoms with E-state index in [0.717, 1.165) is 0 Å². The number of halogens is 2. The standard InChI is InChI=1S/C16H8Cl2N2O4/c17-10-6-5-9(12(18)8-10)7-13-16(21)24-15(19-13)11-3-1-2-4-14(11)20(22)23/h1-8H/b13-7+. The number of hydrogen-bond donors (Lipinski definition) is 0. The quantitative estimate of drug-likeness (QED) is 0.353. The summed E-state index contributed by atoms with van der Waals surface area (Å²) in [5, 5.41) is 11.9. The number of aliphatic imine (C=N–C) groups is 1. The largest absolute Gasteiger partial charge is 0.402 e. The van der Waals surface area contributed by atoms with Crippen molar-refractivity contribution < 1.29 is 14.5 Å². The Morgan fingerprint density at radius 2 is 1.92 bits per heavy atom. The van der Waals surface area contributed by atoms with Crippen molar-refractivity contribution in [1.29, 1.82) is 0 Å². The van der Waals surface area contributed by atoms with Crippen LogP contribution in [-0.4, -0.2) is 16.8 Å². The van der Waals surface area contributed by atoms with Crippen molar-refractivity contribution in [3.63, 3.8) is 0 Å². The third-order valence-corrected chi connectivity index (χ3v) is 3.77. The molecular weight excluding hydrogens is 355 g/mol. The number of nitro groups is 1. The predicted molar refractivity (Wildman–Crippen MR) is 90.2 cm³/mol. The molecule has 0 aliphatic carbocycles. The highest BCUT2D eigenvalue weighted by atomic mass is 35.5. The number of carbonyl (C=O) groups is 1. The summed E-state index contributed by atoms with van der Waals surface area (Å²) in [6.07, 6.45) is 1.43. The summed E-state index contributed by atoms with van der Waals surface area (Å²) in [5.41, 5.74) is 0.448. The lowest BCUT2D eigenvalue weighted by molar-refractivity contribution is -0.385. The van der Waals surface area contributed by atoms with Crippen LogP contribution >= 0.6 is 23.2 Å². The molecule has 0 radical (unpaired) electrons. The first-order valence-electron chi connectivity index (χ1n) is 6.67. The second-order valence-corrected chi connectivity index (χ2v) is 5.62. The van der Waals surface area contributed by atoms with Crippen LogP contribution in [0.5, 0.6) is 0 Å². The number of ether oxygens (including phenoxy) is 1. The fourth-order valence-electron chi connectivity index (χ4n) is 2.10. The van der Waals surface area contributed by atoms with E-state index in [-0.39, 0.29) is 22.8 Å². The molecule has 1 aliphatic heterocycles. The zero-order valence-electron chi connectivity index (χ0n) is 11.9. The molecule has 0 fully saturated rings. The Bertz CT molecular complexity index is 922. The molecule has 120 valence electrons. The molecule has 2 aromatic rings. The van der Waals surface area contributed by atoms with Crippen molar-refractivity contribution >= 4 is 46.8 Å². The van der Waals surface area contributed by atoms with Crippen molar-refractivity contribution in [3.05, 3.63) is 79.4 Å². The third-order valence-electron chi connectivity index (χ3n) is 3.21. The fraction of sp³-hybridized carbons (Fsp3) is 0. The molecule has 1 heterocycles. The minimum Gasteiger partial charge on any atom is -0.402 e. The monoisotopic (exact) mass is 362 g/mol. The molecule has 0 unspecified atom stereocenters. The number of benzene rings is 2. The van der Waals surface area contributed by atoms with Gasteiger partial charge in [0.1, 0.15) is 5.56 Å². The van der Waals surface area contributed by atoms with Crippen LogP contribution in [0.2, 0.25) is 10.0 Å². The van der Waals surface area contributed by atoms with Crippen molar-refractivity contribution in [1.82, 2.24) is 0 Å². The van der Waals surface area contributed by atoms with Gasteiger partial charge in [-0.1, -0.05) is 41.4 Å². The van der Waals surface area contributed by atoms with Crippen LogP contribution in [0, 0.1) is 10.1 Å². The Hall–Kier alpha value is -2.70. The first kappa shape index (κ1) is 16.2. The average Bonchev–Trinajstić information content (AvgIpc) is 2.91. The average molecular weight is 363 g/mol. The summed E-state index contributed by atoms with van der Waals surface area (Å²) in [4.78, 5) is 26.5. The Balaban J connectivity index is 2.02. The summed E-state index contributed by atoms with van der Waals surface area (Å²) in [6.45, 7) is 0. The minimum atomic E-state index is -0.714. The molecule has 0 spiro atoms. The van der Waals surface area contributed by atoms with E-state index >= 15 is 0 Å². The van der Waals surface area contributed by atoms with Crippen molar-refractivity contribution in [2.75, 3.05) is 0 Å². The number of cyclic esters (lactones) is 1. The van der Waals surface area contributed by atoms with Gasteiger partial charge in [0.25, 0.3) is 5.69 Å². The zero-order valence-corrected chi connectivity index (χ0v) is 13.4. The number of esters is 1. The SMILES string of the molecule is O=C1OC(c2ccccc2[N+](=O)[O-])=N/C1=C/c1ccc(Cl)cc1Cl. The molecule has 6 nitrogen and oxygen atoms in total. The third kappa shape index (κ3) is 3.15. The van der Waals surface area contributed by atoms with E-state index in [9.17, 15) is 14.9 Å². The van der Waals surface area contributed by atoms with Crippen LogP contribution in [0.15, 0.2) is 53.2 Å². The second-order valence-electron chi connectivity index (χ2n) is 4.78. The summed E-state index contributed by atoms with van der Waals surface area (Å²) in [6, 6.07) is 10.7. The highest BCUT2D eigenvalue weighted by Crippen LogP contribution is 2.27. The van der Waals surface area contributed by atoms with E-state index in [0.29, 0.717) is 15.6 Å². The van der Waals surface area contributed by atoms with Crippen molar-refractivity contribution in [2.24, 2.45) is 4.99 Å². The number of hydrogen-bond acceptors (Lipinski definition) is 5. The van der Waals surface area contributed by atoms with E-state index in [2.05, 4.69) is 4.99 Å². The first-order chi connectivity index (χ1) is 11.5. The molecule has 0 N–H and O–H groups in total. The van der Waals surface area contributed by atoms with E-state index in [1.165, 1.54) is 30.3 Å². The van der Waals surface area contributed by atoms with Crippen LogP contribution in [0.3, 0.4) is 0 Å². The van der Waals surface area contributed by atoms with Gasteiger partial charge in [-0.3, -0.25) is 10.1 Å². The summed E-state index contributed by atoms with van der Waals surface area (Å²) in [7, 11) is 0. The molecule has 0 aromatic heterocycles. The number of carbonyl (C=O) groups excluding carboxylic acids is 1. The van der Waals surface area contributed by atoms with Gasteiger partial charge in [-0.25, -0.2) is 9.79 Å². The van der Waals surface area contributed by atoms with E-state index < -0.39 is 10.9 Å². The van der Waals surface area contributed by atoms with Crippen LogP contribution < -0.4 is 0 Å². The Kier molecular flexibility index (Phi) is 4.33. The lowest BCUT2D eigenvalue weighted by Gasteiger charge is -2.00. The van der Waals surface area contributed by atoms with E-state index in [1.54, 1.807) is 18.2 Å². The molecule has 0 saturated carbocycles. The fourth-order valence-corrected chi connectivity index (χ4v) is 2.57. The molecule has 0 amide bonds. The van der Waals surface area contributed by atoms with Crippen molar-refractivity contribution in [2.45, 2.75) is 0 Å². The summed E-state index contributed by atoms with van der Waals surface area (Å²) >= 11 is 11.9. The van der Waals surface area contributed by atoms with Gasteiger partial charge in [0.05, 0.1) is 4.92 Å². The first-order valence-corrected chi connectivity index (χ1v) is 7.42. The Morgan fingerprint density at radius 3 is 2.62 bits per heavy atom. The molecule has 24 heavy (non-hydrogen) atoms. The second kappa shape index (κ2) is 6.43. The molecule has 1 aliphatic rings. The maximum atomic E-state index is 12.0. The van der Waals surface area contributed by atoms with Crippen LogP contribution in [0.25, 0.3) is 6.08 Å². The van der Waals surface area contributed by atoms with Gasteiger partial charge in [-0.2, -0.15) is 0 Å². The molecule has 0 atom stereocenters. The van der Waals surface area contributed by atoms with Gasteiger partial charge >= 0.3 is 5.97 Å². The van der Waals surface area contributed by atoms with Crippen LogP contribution in [-0.2, 0) is 9.53 Å². The number of para-hydroxylation sites is 1. The normalized spacial score (nSPS) is 15.3. The molecular formula is C16H8Cl2N2O4. The highest BCUT2D eigenvalue weighted by molar-refractivity contribution is 6.35. The Morgan fingerprint density at radius 1 is 1.17 bits per heavy atom. The smallest absolute Gasteiger partial charge is 0.363 e. The molecule has 2 aromatic carbocycles. The summed E-state index contributed by atoms with van der Waals surface area (Å²) < 4.78 is 5.06. The summed E-state index contributed by atoms with van der Waals surface area (Å²) in [5.74, 6) is -0.835. The van der Waals surface area contributed by atoms with Crippen molar-refractivity contribution in [3.8, 4) is 0 Å². The van der Waals surface area contributed by atoms with Gasteiger partial charge in [0.15, 0.2) is 5.70 Å². The Labute approximate surface area is 146 Å². The van der Waals surface area contributed by atoms with Gasteiger partial charge < -0.3 is 4.74 Å². The van der Waals surface area contributed by atoms with Gasteiger partial charge in [-0.15, -0.1) is 0 Å². The maximum Gasteiger partial charge on any atom is 0.363 e. The lowest BCUT2D eigenvalue weighted by Crippen LogP contribution is -2.07. The predicted octanol–water partition coefficient (Wildman–Crippen LogP) is 4.25. The molecule has 0 bridgehead atoms. The number of nitrogens with zero attached hydrogens (tertiary/aromatic N) is 2. The van der Waals surface area contributed by atoms with Gasteiger partial charge in [0.2, 0.25) is 5.90 Å². The topological polar surface area (TPSA) is 81.8 Å². The van der Waals surface area contributed by atoms with E-state index in [1.807, 2.05) is 0 Å². The highest BCUT2D eigenvalue weighted by Gasteiger charge is 2.29. The minimum absolute atomic E-state index is 0.00706. The maximum absolute atomic E-state index is 12.0. The van der Waals surface area contributed by atoms with Crippen LogP contribution in [0.4, 0.5) is 5.69 Å². The number of rotatable bonds is 3. The molecule has 8 heteroatoms. The zero-order chi connectivity index (χ0) is 17.3. The lowest BCUT2D eigenvalue weighted by atomic mass is 10.2. The van der Waals surface area contributed by atoms with E-state index in [4.69, 9.17) is 27.9 Å². The van der Waals surface area contributed by atoms with Crippen LogP contribution in [0.1, 0.15) is 11.1 Å². The molecule has 3 rings (SSSR count). The molecule has 0 saturated heterocycles. The van der Waals surface area contributed by atoms with Gasteiger partial charge in [0, 0.05) is 16.1 Å². The number of nitro benzene ring substituents is 1. The van der Waals surface area contributed by atoms with Gasteiger partial charge in [-0.05, 0) is 29.8 Å².